The Morgan fingerprint density at radius 2 is 2.17 bits per heavy atom. The van der Waals surface area contributed by atoms with E-state index in [-0.39, 0.29) is 24.6 Å². The zero-order valence-corrected chi connectivity index (χ0v) is 11.1. The van der Waals surface area contributed by atoms with Gasteiger partial charge in [0.25, 0.3) is 0 Å². The molecule has 0 aliphatic rings. The first kappa shape index (κ1) is 15.0. The summed E-state index contributed by atoms with van der Waals surface area (Å²) >= 11 is 0.993. The molecule has 0 saturated carbocycles. The average Bonchev–Trinajstić information content (AvgIpc) is 2.71. The van der Waals surface area contributed by atoms with Crippen molar-refractivity contribution < 1.29 is 24.9 Å². The van der Waals surface area contributed by atoms with Crippen LogP contribution in [0, 0.1) is 6.92 Å². The zero-order valence-electron chi connectivity index (χ0n) is 10.3. The van der Waals surface area contributed by atoms with Gasteiger partial charge in [0.2, 0.25) is 0 Å². The van der Waals surface area contributed by atoms with Gasteiger partial charge in [-0.05, 0) is 20.3 Å². The summed E-state index contributed by atoms with van der Waals surface area (Å²) < 4.78 is 4.86. The van der Waals surface area contributed by atoms with E-state index in [1.807, 2.05) is 0 Å². The number of aliphatic hydroxyl groups excluding tert-OH is 3. The van der Waals surface area contributed by atoms with Crippen molar-refractivity contribution in [3.05, 3.63) is 15.6 Å². The average molecular weight is 275 g/mol. The molecule has 0 saturated heterocycles. The molecule has 6 nitrogen and oxygen atoms in total. The second-order valence-corrected chi connectivity index (χ2v) is 4.74. The Balaban J connectivity index is 2.86. The van der Waals surface area contributed by atoms with Gasteiger partial charge < -0.3 is 20.1 Å². The standard InChI is InChI=1S/C11H17NO5S/c1-3-17-11(16)9-6(2)12-10(18-9)8(15)7(14)4-5-13/h7-8,13-15H,3-5H2,1-2H3. The predicted molar refractivity (Wildman–Crippen MR) is 65.5 cm³/mol. The molecule has 3 N–H and O–H groups in total. The Labute approximate surface area is 109 Å². The van der Waals surface area contributed by atoms with Gasteiger partial charge in [-0.25, -0.2) is 9.78 Å². The fraction of sp³-hybridized carbons (Fsp3) is 0.636. The molecule has 102 valence electrons. The van der Waals surface area contributed by atoms with Gasteiger partial charge in [-0.15, -0.1) is 11.3 Å². The van der Waals surface area contributed by atoms with Gasteiger partial charge in [-0.2, -0.15) is 0 Å². The third-order valence-electron chi connectivity index (χ3n) is 2.32. The van der Waals surface area contributed by atoms with E-state index in [0.717, 1.165) is 11.3 Å². The fourth-order valence-corrected chi connectivity index (χ4v) is 2.39. The van der Waals surface area contributed by atoms with Crippen molar-refractivity contribution in [2.75, 3.05) is 13.2 Å². The van der Waals surface area contributed by atoms with E-state index in [0.29, 0.717) is 10.6 Å². The lowest BCUT2D eigenvalue weighted by atomic mass is 10.1. The van der Waals surface area contributed by atoms with Crippen LogP contribution in [0.15, 0.2) is 0 Å². The number of hydrogen-bond acceptors (Lipinski definition) is 7. The van der Waals surface area contributed by atoms with Crippen LogP contribution < -0.4 is 0 Å². The number of thiazole rings is 1. The molecule has 2 unspecified atom stereocenters. The first-order valence-electron chi connectivity index (χ1n) is 5.62. The number of aromatic nitrogens is 1. The second-order valence-electron chi connectivity index (χ2n) is 3.71. The van der Waals surface area contributed by atoms with E-state index >= 15 is 0 Å². The number of aliphatic hydroxyl groups is 3. The molecule has 1 heterocycles. The maximum Gasteiger partial charge on any atom is 0.350 e. The van der Waals surface area contributed by atoms with E-state index in [2.05, 4.69) is 4.98 Å². The lowest BCUT2D eigenvalue weighted by Gasteiger charge is -2.13. The Bertz CT molecular complexity index is 406. The monoisotopic (exact) mass is 275 g/mol. The fourth-order valence-electron chi connectivity index (χ4n) is 1.38. The normalized spacial score (nSPS) is 14.3. The largest absolute Gasteiger partial charge is 0.462 e. The topological polar surface area (TPSA) is 99.9 Å². The minimum Gasteiger partial charge on any atom is -0.462 e. The van der Waals surface area contributed by atoms with Gasteiger partial charge in [-0.1, -0.05) is 0 Å². The van der Waals surface area contributed by atoms with E-state index in [1.165, 1.54) is 0 Å². The van der Waals surface area contributed by atoms with Crippen LogP contribution in [0.25, 0.3) is 0 Å². The van der Waals surface area contributed by atoms with Crippen molar-refractivity contribution in [2.45, 2.75) is 32.5 Å². The van der Waals surface area contributed by atoms with Crippen molar-refractivity contribution >= 4 is 17.3 Å². The number of nitrogens with zero attached hydrogens (tertiary/aromatic N) is 1. The lowest BCUT2D eigenvalue weighted by Crippen LogP contribution is -2.19. The van der Waals surface area contributed by atoms with Gasteiger partial charge in [0, 0.05) is 6.61 Å². The number of carbonyl (C=O) groups is 1. The van der Waals surface area contributed by atoms with Gasteiger partial charge in [-0.3, -0.25) is 0 Å². The molecule has 1 aromatic heterocycles. The van der Waals surface area contributed by atoms with E-state index in [9.17, 15) is 15.0 Å². The summed E-state index contributed by atoms with van der Waals surface area (Å²) in [6.07, 6.45) is -2.26. The second kappa shape index (κ2) is 6.79. The molecule has 0 fully saturated rings. The van der Waals surface area contributed by atoms with Gasteiger partial charge in [0.15, 0.2) is 0 Å². The number of hydrogen-bond donors (Lipinski definition) is 3. The molecule has 0 aliphatic carbocycles. The maximum absolute atomic E-state index is 11.6. The van der Waals surface area contributed by atoms with E-state index in [1.54, 1.807) is 13.8 Å². The van der Waals surface area contributed by atoms with Gasteiger partial charge in [0.1, 0.15) is 16.0 Å². The van der Waals surface area contributed by atoms with Crippen molar-refractivity contribution in [1.82, 2.24) is 4.98 Å². The van der Waals surface area contributed by atoms with Crippen LogP contribution in [0.1, 0.15) is 39.8 Å². The first-order chi connectivity index (χ1) is 8.51. The molecule has 0 bridgehead atoms. The highest BCUT2D eigenvalue weighted by molar-refractivity contribution is 7.13. The van der Waals surface area contributed by atoms with E-state index < -0.39 is 18.2 Å². The predicted octanol–water partition coefficient (Wildman–Crippen LogP) is 0.405. The molecule has 18 heavy (non-hydrogen) atoms. The number of rotatable bonds is 6. The van der Waals surface area contributed by atoms with Crippen LogP contribution in [0.5, 0.6) is 0 Å². The van der Waals surface area contributed by atoms with Gasteiger partial charge in [0.05, 0.1) is 18.4 Å². The van der Waals surface area contributed by atoms with Crippen LogP contribution in [0.3, 0.4) is 0 Å². The third kappa shape index (κ3) is 3.49. The molecular formula is C11H17NO5S. The molecule has 1 aromatic rings. The number of ether oxygens (including phenoxy) is 1. The molecule has 7 heteroatoms. The summed E-state index contributed by atoms with van der Waals surface area (Å²) in [5, 5.41) is 28.3. The van der Waals surface area contributed by atoms with Crippen LogP contribution in [-0.4, -0.2) is 45.6 Å². The van der Waals surface area contributed by atoms with Crippen LogP contribution in [-0.2, 0) is 4.74 Å². The summed E-state index contributed by atoms with van der Waals surface area (Å²) in [5.41, 5.74) is 0.462. The smallest absolute Gasteiger partial charge is 0.350 e. The van der Waals surface area contributed by atoms with Crippen molar-refractivity contribution in [2.24, 2.45) is 0 Å². The molecule has 0 aliphatic heterocycles. The zero-order chi connectivity index (χ0) is 13.7. The molecule has 2 atom stereocenters. The SMILES string of the molecule is CCOC(=O)c1sc(C(O)C(O)CCO)nc1C. The maximum atomic E-state index is 11.6. The molecule has 0 spiro atoms. The Kier molecular flexibility index (Phi) is 5.67. The lowest BCUT2D eigenvalue weighted by molar-refractivity contribution is 0.00406. The quantitative estimate of drug-likeness (QED) is 0.650. The minimum absolute atomic E-state index is 0.0501. The highest BCUT2D eigenvalue weighted by Crippen LogP contribution is 2.27. The summed E-state index contributed by atoms with van der Waals surface area (Å²) in [6.45, 7) is 3.38. The molecule has 0 aromatic carbocycles. The summed E-state index contributed by atoms with van der Waals surface area (Å²) in [6, 6.07) is 0. The molecule has 0 radical (unpaired) electrons. The van der Waals surface area contributed by atoms with E-state index in [4.69, 9.17) is 9.84 Å². The number of carbonyl (C=O) groups excluding carboxylic acids is 1. The number of esters is 1. The van der Waals surface area contributed by atoms with Crippen molar-refractivity contribution in [1.29, 1.82) is 0 Å². The Morgan fingerprint density at radius 1 is 1.50 bits per heavy atom. The minimum atomic E-state index is -1.20. The molecule has 0 amide bonds. The highest BCUT2D eigenvalue weighted by Gasteiger charge is 2.25. The highest BCUT2D eigenvalue weighted by atomic mass is 32.1. The van der Waals surface area contributed by atoms with Gasteiger partial charge >= 0.3 is 5.97 Å². The van der Waals surface area contributed by atoms with Crippen molar-refractivity contribution in [3.8, 4) is 0 Å². The molecule has 1 rings (SSSR count). The first-order valence-corrected chi connectivity index (χ1v) is 6.44. The van der Waals surface area contributed by atoms with Crippen LogP contribution >= 0.6 is 11.3 Å². The summed E-state index contributed by atoms with van der Waals surface area (Å²) in [4.78, 5) is 15.9. The number of aryl methyl sites for hydroxylation is 1. The summed E-state index contributed by atoms with van der Waals surface area (Å²) in [5.74, 6) is -0.484. The molecular weight excluding hydrogens is 258 g/mol. The van der Waals surface area contributed by atoms with Crippen LogP contribution in [0.4, 0.5) is 0 Å². The summed E-state index contributed by atoms with van der Waals surface area (Å²) in [7, 11) is 0. The Hall–Kier alpha value is -1.02. The third-order valence-corrected chi connectivity index (χ3v) is 3.52. The Morgan fingerprint density at radius 3 is 2.72 bits per heavy atom. The van der Waals surface area contributed by atoms with Crippen LogP contribution in [0.2, 0.25) is 0 Å². The van der Waals surface area contributed by atoms with Crippen molar-refractivity contribution in [3.63, 3.8) is 0 Å².